The molecule has 1 fully saturated rings. The third-order valence-electron chi connectivity index (χ3n) is 3.74. The molecule has 0 bridgehead atoms. The summed E-state index contributed by atoms with van der Waals surface area (Å²) in [5.74, 6) is 1.60. The maximum atomic E-state index is 4.18. The van der Waals surface area contributed by atoms with Gasteiger partial charge in [-0.15, -0.1) is 10.2 Å². The average Bonchev–Trinajstić information content (AvgIpc) is 2.58. The maximum Gasteiger partial charge on any atom is 0.188 e. The molecule has 17 heavy (non-hydrogen) atoms. The topological polar surface area (TPSA) is 55.6 Å². The van der Waals surface area contributed by atoms with Crippen molar-refractivity contribution in [2.75, 3.05) is 0 Å². The molecule has 0 aromatic carbocycles. The third kappa shape index (κ3) is 3.77. The van der Waals surface area contributed by atoms with Crippen LogP contribution in [0.15, 0.2) is 0 Å². The van der Waals surface area contributed by atoms with Crippen LogP contribution in [0, 0.1) is 5.92 Å². The van der Waals surface area contributed by atoms with Crippen molar-refractivity contribution >= 4 is 0 Å². The van der Waals surface area contributed by atoms with Crippen LogP contribution in [0.1, 0.15) is 51.3 Å². The molecule has 0 amide bonds. The molecule has 1 aliphatic rings. The maximum absolute atomic E-state index is 4.18. The summed E-state index contributed by atoms with van der Waals surface area (Å²) >= 11 is 0. The molecule has 1 saturated carbocycles. The number of nitrogens with zero attached hydrogens (tertiary/aromatic N) is 4. The monoisotopic (exact) mass is 237 g/mol. The van der Waals surface area contributed by atoms with E-state index in [1.54, 1.807) is 7.05 Å². The molecule has 1 heterocycles. The molecule has 1 N–H and O–H groups in total. The Labute approximate surface area is 103 Å². The Bertz CT molecular complexity index is 327. The first kappa shape index (κ1) is 12.5. The van der Waals surface area contributed by atoms with Crippen molar-refractivity contribution in [1.82, 2.24) is 25.5 Å². The molecule has 0 saturated heterocycles. The second-order valence-electron chi connectivity index (χ2n) is 5.12. The highest BCUT2D eigenvalue weighted by Crippen LogP contribution is 2.25. The van der Waals surface area contributed by atoms with Gasteiger partial charge in [0.1, 0.15) is 0 Å². The summed E-state index contributed by atoms with van der Waals surface area (Å²) in [6, 6.07) is 0.553. The van der Waals surface area contributed by atoms with Gasteiger partial charge in [0.15, 0.2) is 5.82 Å². The molecule has 0 spiro atoms. The van der Waals surface area contributed by atoms with E-state index in [9.17, 15) is 0 Å². The number of nitrogens with one attached hydrogen (secondary N) is 1. The van der Waals surface area contributed by atoms with E-state index < -0.39 is 0 Å². The van der Waals surface area contributed by atoms with Crippen LogP contribution in [0.25, 0.3) is 0 Å². The van der Waals surface area contributed by atoms with Gasteiger partial charge in [0.2, 0.25) is 0 Å². The minimum atomic E-state index is 0.553. The zero-order valence-corrected chi connectivity index (χ0v) is 10.9. The molecule has 1 aliphatic carbocycles. The van der Waals surface area contributed by atoms with Gasteiger partial charge in [0.25, 0.3) is 0 Å². The van der Waals surface area contributed by atoms with Gasteiger partial charge < -0.3 is 5.32 Å². The van der Waals surface area contributed by atoms with Crippen molar-refractivity contribution < 1.29 is 0 Å². The summed E-state index contributed by atoms with van der Waals surface area (Å²) in [5, 5.41) is 15.5. The molecule has 5 heteroatoms. The fourth-order valence-corrected chi connectivity index (χ4v) is 2.62. The van der Waals surface area contributed by atoms with Crippen LogP contribution < -0.4 is 5.32 Å². The minimum absolute atomic E-state index is 0.553. The summed E-state index contributed by atoms with van der Waals surface area (Å²) in [4.78, 5) is 1.51. The highest BCUT2D eigenvalue weighted by Gasteiger charge is 2.18. The van der Waals surface area contributed by atoms with Crippen molar-refractivity contribution in [2.24, 2.45) is 13.0 Å². The molecule has 0 aliphatic heterocycles. The Morgan fingerprint density at radius 3 is 2.59 bits per heavy atom. The van der Waals surface area contributed by atoms with Crippen LogP contribution in [0.2, 0.25) is 0 Å². The lowest BCUT2D eigenvalue weighted by Gasteiger charge is -2.22. The largest absolute Gasteiger partial charge is 0.307 e. The molecule has 0 unspecified atom stereocenters. The Kier molecular flexibility index (Phi) is 4.48. The van der Waals surface area contributed by atoms with E-state index in [1.807, 2.05) is 0 Å². The molecule has 1 aromatic rings. The van der Waals surface area contributed by atoms with Gasteiger partial charge in [-0.05, 0) is 30.9 Å². The van der Waals surface area contributed by atoms with Crippen LogP contribution >= 0.6 is 0 Å². The highest BCUT2D eigenvalue weighted by atomic mass is 15.6. The predicted molar refractivity (Wildman–Crippen MR) is 66.3 cm³/mol. The molecule has 96 valence electrons. The van der Waals surface area contributed by atoms with Crippen LogP contribution in [0.5, 0.6) is 0 Å². The van der Waals surface area contributed by atoms with Gasteiger partial charge in [0.05, 0.1) is 13.6 Å². The number of aryl methyl sites for hydroxylation is 1. The van der Waals surface area contributed by atoms with E-state index in [0.717, 1.165) is 18.3 Å². The fourth-order valence-electron chi connectivity index (χ4n) is 2.62. The van der Waals surface area contributed by atoms with Gasteiger partial charge in [-0.1, -0.05) is 25.7 Å². The lowest BCUT2D eigenvalue weighted by molar-refractivity contribution is 0.334. The fraction of sp³-hybridized carbons (Fsp3) is 0.917. The molecule has 5 nitrogen and oxygen atoms in total. The Morgan fingerprint density at radius 2 is 2.00 bits per heavy atom. The molecular formula is C12H23N5. The summed E-state index contributed by atoms with van der Waals surface area (Å²) in [5.41, 5.74) is 0. The van der Waals surface area contributed by atoms with Crippen LogP contribution in [0.4, 0.5) is 0 Å². The second-order valence-corrected chi connectivity index (χ2v) is 5.12. The van der Waals surface area contributed by atoms with Gasteiger partial charge >= 0.3 is 0 Å². The summed E-state index contributed by atoms with van der Waals surface area (Å²) < 4.78 is 0. The zero-order valence-electron chi connectivity index (χ0n) is 10.9. The van der Waals surface area contributed by atoms with Crippen molar-refractivity contribution in [1.29, 1.82) is 0 Å². The predicted octanol–water partition coefficient (Wildman–Crippen LogP) is 1.66. The summed E-state index contributed by atoms with van der Waals surface area (Å²) in [6.07, 6.45) is 8.33. The summed E-state index contributed by atoms with van der Waals surface area (Å²) in [6.45, 7) is 3.01. The van der Waals surface area contributed by atoms with Crippen molar-refractivity contribution in [2.45, 2.75) is 58.0 Å². The lowest BCUT2D eigenvalue weighted by Crippen LogP contribution is -2.33. The van der Waals surface area contributed by atoms with E-state index in [2.05, 4.69) is 27.7 Å². The molecule has 0 radical (unpaired) electrons. The summed E-state index contributed by atoms with van der Waals surface area (Å²) in [7, 11) is 1.80. The van der Waals surface area contributed by atoms with Gasteiger partial charge in [-0.25, -0.2) is 0 Å². The number of rotatable bonds is 4. The smallest absolute Gasteiger partial charge is 0.188 e. The number of aromatic nitrogens is 4. The van der Waals surface area contributed by atoms with E-state index in [0.29, 0.717) is 6.04 Å². The second kappa shape index (κ2) is 6.10. The third-order valence-corrected chi connectivity index (χ3v) is 3.74. The molecule has 1 aromatic heterocycles. The first-order chi connectivity index (χ1) is 8.25. The van der Waals surface area contributed by atoms with Crippen molar-refractivity contribution in [3.05, 3.63) is 5.82 Å². The standard InChI is InChI=1S/C12H23N5/c1-10(11-7-5-3-4-6-8-11)13-9-12-14-16-17(2)15-12/h10-11,13H,3-9H2,1-2H3/t10-/m1/s1. The lowest BCUT2D eigenvalue weighted by atomic mass is 9.93. The Hall–Kier alpha value is -0.970. The molecule has 2 rings (SSSR count). The highest BCUT2D eigenvalue weighted by molar-refractivity contribution is 4.80. The van der Waals surface area contributed by atoms with Gasteiger partial charge in [0, 0.05) is 6.04 Å². The number of hydrogen-bond donors (Lipinski definition) is 1. The zero-order chi connectivity index (χ0) is 12.1. The molecular weight excluding hydrogens is 214 g/mol. The van der Waals surface area contributed by atoms with Crippen molar-refractivity contribution in [3.8, 4) is 0 Å². The normalized spacial score (nSPS) is 20.1. The Balaban J connectivity index is 1.77. The van der Waals surface area contributed by atoms with E-state index in [4.69, 9.17) is 0 Å². The van der Waals surface area contributed by atoms with E-state index in [1.165, 1.54) is 43.3 Å². The average molecular weight is 237 g/mol. The Morgan fingerprint density at radius 1 is 1.29 bits per heavy atom. The van der Waals surface area contributed by atoms with Crippen LogP contribution in [-0.4, -0.2) is 26.2 Å². The number of tetrazole rings is 1. The van der Waals surface area contributed by atoms with E-state index in [-0.39, 0.29) is 0 Å². The quantitative estimate of drug-likeness (QED) is 0.809. The first-order valence-corrected chi connectivity index (χ1v) is 6.72. The first-order valence-electron chi connectivity index (χ1n) is 6.72. The SMILES string of the molecule is C[C@@H](NCc1nnn(C)n1)C1CCCCCC1. The van der Waals surface area contributed by atoms with Crippen molar-refractivity contribution in [3.63, 3.8) is 0 Å². The van der Waals surface area contributed by atoms with Crippen LogP contribution in [-0.2, 0) is 13.6 Å². The minimum Gasteiger partial charge on any atom is -0.307 e. The van der Waals surface area contributed by atoms with Crippen LogP contribution in [0.3, 0.4) is 0 Å². The number of hydrogen-bond acceptors (Lipinski definition) is 4. The van der Waals surface area contributed by atoms with Gasteiger partial charge in [-0.2, -0.15) is 4.80 Å². The molecule has 1 atom stereocenters. The van der Waals surface area contributed by atoms with Gasteiger partial charge in [-0.3, -0.25) is 0 Å². The van der Waals surface area contributed by atoms with E-state index >= 15 is 0 Å².